The van der Waals surface area contributed by atoms with Crippen molar-refractivity contribution in [2.75, 3.05) is 0 Å². The van der Waals surface area contributed by atoms with E-state index in [1.807, 2.05) is 28.9 Å². The van der Waals surface area contributed by atoms with Gasteiger partial charge in [0.05, 0.1) is 6.04 Å². The van der Waals surface area contributed by atoms with Crippen molar-refractivity contribution >= 4 is 15.9 Å². The van der Waals surface area contributed by atoms with Crippen LogP contribution in [0.3, 0.4) is 0 Å². The molecule has 2 N–H and O–H groups in total. The van der Waals surface area contributed by atoms with Crippen LogP contribution in [0, 0.1) is 0 Å². The van der Waals surface area contributed by atoms with Gasteiger partial charge in [0.25, 0.3) is 0 Å². The van der Waals surface area contributed by atoms with E-state index in [2.05, 4.69) is 26.0 Å². The summed E-state index contributed by atoms with van der Waals surface area (Å²) in [7, 11) is 0. The van der Waals surface area contributed by atoms with Crippen molar-refractivity contribution in [2.45, 2.75) is 25.4 Å². The molecular formula is C12H13BrN4. The minimum absolute atomic E-state index is 0.0208. The fourth-order valence-corrected chi connectivity index (χ4v) is 2.60. The molecule has 0 amide bonds. The molecule has 1 aliphatic rings. The van der Waals surface area contributed by atoms with Gasteiger partial charge < -0.3 is 5.73 Å². The summed E-state index contributed by atoms with van der Waals surface area (Å²) in [6.45, 7) is 0.917. The minimum atomic E-state index is 0.0208. The summed E-state index contributed by atoms with van der Waals surface area (Å²) in [5.41, 5.74) is 7.06. The Hall–Kier alpha value is -1.20. The van der Waals surface area contributed by atoms with Crippen LogP contribution in [0.2, 0.25) is 0 Å². The molecule has 0 aliphatic carbocycles. The van der Waals surface area contributed by atoms with E-state index in [1.165, 1.54) is 0 Å². The standard InChI is InChI=1S/C12H13BrN4/c13-9-5-2-1-4-8(9)11-15-12-10(14)6-3-7-17(12)16-11/h1-2,4-5,10H,3,6-7,14H2. The zero-order valence-corrected chi connectivity index (χ0v) is 10.9. The normalized spacial score (nSPS) is 19.1. The maximum atomic E-state index is 6.04. The van der Waals surface area contributed by atoms with E-state index >= 15 is 0 Å². The van der Waals surface area contributed by atoms with Crippen molar-refractivity contribution in [1.82, 2.24) is 14.8 Å². The Kier molecular flexibility index (Phi) is 2.72. The molecule has 1 aliphatic heterocycles. The second-order valence-electron chi connectivity index (χ2n) is 4.25. The van der Waals surface area contributed by atoms with Crippen LogP contribution in [0.4, 0.5) is 0 Å². The summed E-state index contributed by atoms with van der Waals surface area (Å²) in [5, 5.41) is 4.53. The molecule has 17 heavy (non-hydrogen) atoms. The molecule has 3 rings (SSSR count). The van der Waals surface area contributed by atoms with Gasteiger partial charge in [-0.1, -0.05) is 28.1 Å². The van der Waals surface area contributed by atoms with Crippen LogP contribution in [0.15, 0.2) is 28.7 Å². The molecule has 0 saturated carbocycles. The number of fused-ring (bicyclic) bond motifs is 1. The number of hydrogen-bond donors (Lipinski definition) is 1. The molecule has 2 heterocycles. The van der Waals surface area contributed by atoms with E-state index in [0.29, 0.717) is 0 Å². The van der Waals surface area contributed by atoms with E-state index < -0.39 is 0 Å². The lowest BCUT2D eigenvalue weighted by Crippen LogP contribution is -2.22. The second kappa shape index (κ2) is 4.23. The van der Waals surface area contributed by atoms with Crippen LogP contribution >= 0.6 is 15.9 Å². The lowest BCUT2D eigenvalue weighted by atomic mass is 10.1. The fraction of sp³-hybridized carbons (Fsp3) is 0.333. The molecular weight excluding hydrogens is 280 g/mol. The van der Waals surface area contributed by atoms with Gasteiger partial charge in [-0.05, 0) is 25.0 Å². The highest BCUT2D eigenvalue weighted by Crippen LogP contribution is 2.28. The first-order chi connectivity index (χ1) is 8.25. The van der Waals surface area contributed by atoms with Crippen molar-refractivity contribution in [1.29, 1.82) is 0 Å². The van der Waals surface area contributed by atoms with Crippen LogP contribution in [0.5, 0.6) is 0 Å². The fourth-order valence-electron chi connectivity index (χ4n) is 2.14. The number of aromatic nitrogens is 3. The molecule has 0 spiro atoms. The van der Waals surface area contributed by atoms with Crippen molar-refractivity contribution in [2.24, 2.45) is 5.73 Å². The minimum Gasteiger partial charge on any atom is -0.321 e. The van der Waals surface area contributed by atoms with Crippen LogP contribution in [0.1, 0.15) is 24.7 Å². The van der Waals surface area contributed by atoms with Crippen molar-refractivity contribution in [3.05, 3.63) is 34.6 Å². The van der Waals surface area contributed by atoms with Crippen molar-refractivity contribution in [3.63, 3.8) is 0 Å². The van der Waals surface area contributed by atoms with E-state index in [0.717, 1.165) is 41.1 Å². The number of hydrogen-bond acceptors (Lipinski definition) is 3. The average molecular weight is 293 g/mol. The van der Waals surface area contributed by atoms with Gasteiger partial charge in [0.2, 0.25) is 0 Å². The summed E-state index contributed by atoms with van der Waals surface area (Å²) < 4.78 is 2.94. The van der Waals surface area contributed by atoms with Crippen LogP contribution < -0.4 is 5.73 Å². The van der Waals surface area contributed by atoms with Gasteiger partial charge >= 0.3 is 0 Å². The monoisotopic (exact) mass is 292 g/mol. The molecule has 0 bridgehead atoms. The first-order valence-electron chi connectivity index (χ1n) is 5.71. The zero-order valence-electron chi connectivity index (χ0n) is 9.31. The predicted octanol–water partition coefficient (Wildman–Crippen LogP) is 2.50. The molecule has 1 aromatic heterocycles. The van der Waals surface area contributed by atoms with Gasteiger partial charge in [0.15, 0.2) is 5.82 Å². The quantitative estimate of drug-likeness (QED) is 0.879. The molecule has 0 saturated heterocycles. The SMILES string of the molecule is NC1CCCn2nc(-c3ccccc3Br)nc21. The molecule has 0 radical (unpaired) electrons. The third-order valence-electron chi connectivity index (χ3n) is 3.03. The topological polar surface area (TPSA) is 56.7 Å². The van der Waals surface area contributed by atoms with E-state index in [-0.39, 0.29) is 6.04 Å². The highest BCUT2D eigenvalue weighted by molar-refractivity contribution is 9.10. The predicted molar refractivity (Wildman–Crippen MR) is 69.3 cm³/mol. The zero-order chi connectivity index (χ0) is 11.8. The van der Waals surface area contributed by atoms with E-state index in [1.54, 1.807) is 0 Å². The highest BCUT2D eigenvalue weighted by atomic mass is 79.9. The molecule has 2 aromatic rings. The highest BCUT2D eigenvalue weighted by Gasteiger charge is 2.21. The number of benzene rings is 1. The lowest BCUT2D eigenvalue weighted by molar-refractivity contribution is 0.422. The third-order valence-corrected chi connectivity index (χ3v) is 3.72. The number of rotatable bonds is 1. The summed E-state index contributed by atoms with van der Waals surface area (Å²) in [4.78, 5) is 4.56. The summed E-state index contributed by atoms with van der Waals surface area (Å²) in [6, 6.07) is 7.99. The third kappa shape index (κ3) is 1.89. The van der Waals surface area contributed by atoms with Gasteiger partial charge in [-0.15, -0.1) is 0 Å². The average Bonchev–Trinajstić information content (AvgIpc) is 2.75. The second-order valence-corrected chi connectivity index (χ2v) is 5.10. The Bertz CT molecular complexity index is 549. The number of nitrogens with zero attached hydrogens (tertiary/aromatic N) is 3. The summed E-state index contributed by atoms with van der Waals surface area (Å²) in [6.07, 6.45) is 2.07. The van der Waals surface area contributed by atoms with Crippen LogP contribution in [-0.4, -0.2) is 14.8 Å². The van der Waals surface area contributed by atoms with Gasteiger partial charge in [-0.2, -0.15) is 5.10 Å². The van der Waals surface area contributed by atoms with Crippen molar-refractivity contribution in [3.8, 4) is 11.4 Å². The number of halogens is 1. The molecule has 1 atom stereocenters. The Morgan fingerprint density at radius 3 is 2.94 bits per heavy atom. The molecule has 1 unspecified atom stereocenters. The Balaban J connectivity index is 2.08. The first kappa shape index (κ1) is 10.9. The Morgan fingerprint density at radius 2 is 2.18 bits per heavy atom. The lowest BCUT2D eigenvalue weighted by Gasteiger charge is -2.17. The molecule has 5 heteroatoms. The Labute approximate surface area is 108 Å². The summed E-state index contributed by atoms with van der Waals surface area (Å²) in [5.74, 6) is 1.66. The Morgan fingerprint density at radius 1 is 1.35 bits per heavy atom. The molecule has 1 aromatic carbocycles. The van der Waals surface area contributed by atoms with E-state index in [4.69, 9.17) is 5.73 Å². The number of nitrogens with two attached hydrogens (primary N) is 1. The maximum Gasteiger partial charge on any atom is 0.182 e. The summed E-state index contributed by atoms with van der Waals surface area (Å²) >= 11 is 3.52. The van der Waals surface area contributed by atoms with Gasteiger partial charge in [-0.3, -0.25) is 0 Å². The van der Waals surface area contributed by atoms with Crippen molar-refractivity contribution < 1.29 is 0 Å². The maximum absolute atomic E-state index is 6.04. The first-order valence-corrected chi connectivity index (χ1v) is 6.50. The van der Waals surface area contributed by atoms with E-state index in [9.17, 15) is 0 Å². The van der Waals surface area contributed by atoms with Crippen LogP contribution in [-0.2, 0) is 6.54 Å². The molecule has 0 fully saturated rings. The smallest absolute Gasteiger partial charge is 0.182 e. The number of aryl methyl sites for hydroxylation is 1. The van der Waals surface area contributed by atoms with Crippen LogP contribution in [0.25, 0.3) is 11.4 Å². The molecule has 88 valence electrons. The van der Waals surface area contributed by atoms with Gasteiger partial charge in [0.1, 0.15) is 5.82 Å². The largest absolute Gasteiger partial charge is 0.321 e. The molecule has 4 nitrogen and oxygen atoms in total. The van der Waals surface area contributed by atoms with Gasteiger partial charge in [-0.25, -0.2) is 9.67 Å². The van der Waals surface area contributed by atoms with Gasteiger partial charge in [0, 0.05) is 16.6 Å².